The lowest BCUT2D eigenvalue weighted by molar-refractivity contribution is -0.185. The molecular weight excluding hydrogens is 250 g/mol. The molecule has 0 radical (unpaired) electrons. The summed E-state index contributed by atoms with van der Waals surface area (Å²) in [7, 11) is 0. The molecule has 0 unspecified atom stereocenters. The lowest BCUT2D eigenvalue weighted by Crippen LogP contribution is -2.63. The van der Waals surface area contributed by atoms with Gasteiger partial charge in [-0.15, -0.1) is 0 Å². The molecule has 118 valence electrons. The van der Waals surface area contributed by atoms with Gasteiger partial charge in [0.25, 0.3) is 0 Å². The maximum absolute atomic E-state index is 6.19. The van der Waals surface area contributed by atoms with E-state index in [2.05, 4.69) is 56.7 Å². The molecule has 4 nitrogen and oxygen atoms in total. The second-order valence-corrected chi connectivity index (χ2v) is 8.32. The highest BCUT2D eigenvalue weighted by molar-refractivity contribution is 4.94. The average molecular weight is 283 g/mol. The predicted octanol–water partition coefficient (Wildman–Crippen LogP) is 1.56. The minimum atomic E-state index is -0.0543. The molecule has 2 rings (SSSR count). The van der Waals surface area contributed by atoms with Crippen molar-refractivity contribution in [2.75, 3.05) is 45.8 Å². The zero-order valence-electron chi connectivity index (χ0n) is 14.3. The van der Waals surface area contributed by atoms with Crippen LogP contribution >= 0.6 is 0 Å². The predicted molar refractivity (Wildman–Crippen MR) is 84.2 cm³/mol. The van der Waals surface area contributed by atoms with Gasteiger partial charge in [0.15, 0.2) is 0 Å². The van der Waals surface area contributed by atoms with Crippen molar-refractivity contribution in [3.05, 3.63) is 0 Å². The smallest absolute Gasteiger partial charge is 0.0760 e. The van der Waals surface area contributed by atoms with Gasteiger partial charge in [0.2, 0.25) is 0 Å². The van der Waals surface area contributed by atoms with E-state index >= 15 is 0 Å². The van der Waals surface area contributed by atoms with E-state index in [0.29, 0.717) is 0 Å². The van der Waals surface area contributed by atoms with Crippen molar-refractivity contribution in [1.29, 1.82) is 0 Å². The number of hydrogen-bond acceptors (Lipinski definition) is 4. The van der Waals surface area contributed by atoms with E-state index < -0.39 is 0 Å². The lowest BCUT2D eigenvalue weighted by Gasteiger charge is -2.51. The Bertz CT molecular complexity index is 317. The Morgan fingerprint density at radius 3 is 2.00 bits per heavy atom. The largest absolute Gasteiger partial charge is 0.367 e. The van der Waals surface area contributed by atoms with E-state index in [1.54, 1.807) is 0 Å². The fourth-order valence-electron chi connectivity index (χ4n) is 3.97. The van der Waals surface area contributed by atoms with Gasteiger partial charge in [-0.25, -0.2) is 0 Å². The molecule has 2 fully saturated rings. The lowest BCUT2D eigenvalue weighted by atomic mass is 9.95. The Morgan fingerprint density at radius 1 is 1.00 bits per heavy atom. The summed E-state index contributed by atoms with van der Waals surface area (Å²) in [6, 6.07) is 0. The molecule has 20 heavy (non-hydrogen) atoms. The third-order valence-electron chi connectivity index (χ3n) is 4.34. The summed E-state index contributed by atoms with van der Waals surface area (Å²) in [5.41, 5.74) is 0.119. The van der Waals surface area contributed by atoms with Gasteiger partial charge in [0.05, 0.1) is 11.2 Å². The first-order valence-corrected chi connectivity index (χ1v) is 7.98. The maximum atomic E-state index is 6.19. The molecule has 0 aliphatic carbocycles. The standard InChI is InChI=1S/C16H33N3O/c1-14(2,19-9-7-17-8-10-19)11-18-12-15(3,4)20-16(5,6)13-18/h17H,7-13H2,1-6H3. The fraction of sp³-hybridized carbons (Fsp3) is 1.00. The summed E-state index contributed by atoms with van der Waals surface area (Å²) in [5.74, 6) is 0. The van der Waals surface area contributed by atoms with Crippen LogP contribution in [-0.4, -0.2) is 72.4 Å². The molecule has 0 amide bonds. The van der Waals surface area contributed by atoms with Crippen LogP contribution in [0, 0.1) is 0 Å². The maximum Gasteiger partial charge on any atom is 0.0760 e. The van der Waals surface area contributed by atoms with E-state index in [9.17, 15) is 0 Å². The summed E-state index contributed by atoms with van der Waals surface area (Å²) in [5, 5.41) is 3.44. The first-order chi connectivity index (χ1) is 9.10. The second-order valence-electron chi connectivity index (χ2n) is 8.32. The summed E-state index contributed by atoms with van der Waals surface area (Å²) < 4.78 is 6.19. The Hall–Kier alpha value is -0.160. The fourth-order valence-corrected chi connectivity index (χ4v) is 3.97. The van der Waals surface area contributed by atoms with Gasteiger partial charge >= 0.3 is 0 Å². The van der Waals surface area contributed by atoms with Crippen LogP contribution < -0.4 is 5.32 Å². The monoisotopic (exact) mass is 283 g/mol. The molecule has 0 saturated carbocycles. The highest BCUT2D eigenvalue weighted by Crippen LogP contribution is 2.29. The Morgan fingerprint density at radius 2 is 1.50 bits per heavy atom. The number of morpholine rings is 1. The number of piperazine rings is 1. The van der Waals surface area contributed by atoms with Gasteiger partial charge in [0, 0.05) is 51.4 Å². The van der Waals surface area contributed by atoms with Crippen molar-refractivity contribution >= 4 is 0 Å². The van der Waals surface area contributed by atoms with Crippen LogP contribution in [0.2, 0.25) is 0 Å². The molecule has 2 saturated heterocycles. The second kappa shape index (κ2) is 5.56. The van der Waals surface area contributed by atoms with Crippen molar-refractivity contribution in [3.8, 4) is 0 Å². The minimum absolute atomic E-state index is 0.0543. The Kier molecular flexibility index (Phi) is 4.51. The summed E-state index contributed by atoms with van der Waals surface area (Å²) in [6.45, 7) is 21.3. The quantitative estimate of drug-likeness (QED) is 0.851. The molecule has 2 aliphatic heterocycles. The van der Waals surface area contributed by atoms with Gasteiger partial charge in [-0.05, 0) is 41.5 Å². The number of ether oxygens (including phenoxy) is 1. The van der Waals surface area contributed by atoms with Crippen LogP contribution in [0.1, 0.15) is 41.5 Å². The van der Waals surface area contributed by atoms with Crippen LogP contribution in [0.15, 0.2) is 0 Å². The molecule has 0 aromatic heterocycles. The highest BCUT2D eigenvalue weighted by atomic mass is 16.5. The van der Waals surface area contributed by atoms with Crippen LogP contribution in [-0.2, 0) is 4.74 Å². The van der Waals surface area contributed by atoms with Gasteiger partial charge < -0.3 is 10.1 Å². The van der Waals surface area contributed by atoms with Crippen LogP contribution in [0.4, 0.5) is 0 Å². The molecule has 0 spiro atoms. The molecule has 0 aromatic carbocycles. The van der Waals surface area contributed by atoms with Gasteiger partial charge in [-0.3, -0.25) is 9.80 Å². The van der Waals surface area contributed by atoms with E-state index in [1.165, 1.54) is 0 Å². The molecule has 2 aliphatic rings. The van der Waals surface area contributed by atoms with E-state index in [-0.39, 0.29) is 16.7 Å². The van der Waals surface area contributed by atoms with Crippen molar-refractivity contribution < 1.29 is 4.74 Å². The van der Waals surface area contributed by atoms with Gasteiger partial charge in [-0.2, -0.15) is 0 Å². The molecule has 4 heteroatoms. The summed E-state index contributed by atoms with van der Waals surface area (Å²) in [6.07, 6.45) is 0. The summed E-state index contributed by atoms with van der Waals surface area (Å²) in [4.78, 5) is 5.21. The van der Waals surface area contributed by atoms with Crippen molar-refractivity contribution in [2.45, 2.75) is 58.3 Å². The zero-order chi connectivity index (χ0) is 15.0. The Labute approximate surface area is 124 Å². The Balaban J connectivity index is 2.00. The summed E-state index contributed by atoms with van der Waals surface area (Å²) >= 11 is 0. The number of rotatable bonds is 3. The SMILES string of the molecule is CC1(C)CN(CC(C)(C)N2CCNCC2)CC(C)(C)O1. The highest BCUT2D eigenvalue weighted by Gasteiger charge is 2.40. The van der Waals surface area contributed by atoms with Crippen LogP contribution in [0.25, 0.3) is 0 Å². The van der Waals surface area contributed by atoms with E-state index in [1.807, 2.05) is 0 Å². The van der Waals surface area contributed by atoms with Crippen molar-refractivity contribution in [1.82, 2.24) is 15.1 Å². The molecule has 2 heterocycles. The number of nitrogens with zero attached hydrogens (tertiary/aromatic N) is 2. The average Bonchev–Trinajstić information content (AvgIpc) is 2.25. The third kappa shape index (κ3) is 4.17. The molecule has 0 atom stereocenters. The normalized spacial score (nSPS) is 28.5. The first-order valence-electron chi connectivity index (χ1n) is 7.98. The van der Waals surface area contributed by atoms with Crippen LogP contribution in [0.3, 0.4) is 0 Å². The van der Waals surface area contributed by atoms with Crippen molar-refractivity contribution in [3.63, 3.8) is 0 Å². The van der Waals surface area contributed by atoms with Crippen LogP contribution in [0.5, 0.6) is 0 Å². The zero-order valence-corrected chi connectivity index (χ0v) is 14.3. The van der Waals surface area contributed by atoms with E-state index in [4.69, 9.17) is 4.74 Å². The first kappa shape index (κ1) is 16.2. The van der Waals surface area contributed by atoms with Gasteiger partial charge in [-0.1, -0.05) is 0 Å². The molecular formula is C16H33N3O. The molecule has 1 N–H and O–H groups in total. The van der Waals surface area contributed by atoms with E-state index in [0.717, 1.165) is 45.8 Å². The van der Waals surface area contributed by atoms with Gasteiger partial charge in [0.1, 0.15) is 0 Å². The number of hydrogen-bond donors (Lipinski definition) is 1. The third-order valence-corrected chi connectivity index (χ3v) is 4.34. The number of nitrogens with one attached hydrogen (secondary N) is 1. The topological polar surface area (TPSA) is 27.7 Å². The minimum Gasteiger partial charge on any atom is -0.367 e. The molecule has 0 bridgehead atoms. The molecule has 0 aromatic rings. The van der Waals surface area contributed by atoms with Crippen molar-refractivity contribution in [2.24, 2.45) is 0 Å².